The van der Waals surface area contributed by atoms with Crippen molar-refractivity contribution < 1.29 is 0 Å². The highest BCUT2D eigenvalue weighted by molar-refractivity contribution is 4.80. The molecule has 0 aliphatic rings. The zero-order valence-electron chi connectivity index (χ0n) is 11.6. The van der Waals surface area contributed by atoms with E-state index in [1.807, 2.05) is 20.8 Å². The lowest BCUT2D eigenvalue weighted by Crippen LogP contribution is -1.38. The van der Waals surface area contributed by atoms with Crippen molar-refractivity contribution in [1.82, 2.24) is 0 Å². The summed E-state index contributed by atoms with van der Waals surface area (Å²) < 4.78 is 0. The molecule has 0 radical (unpaired) electrons. The minimum Gasteiger partial charge on any atom is -0.120 e. The van der Waals surface area contributed by atoms with Gasteiger partial charge in [-0.25, -0.2) is 0 Å². The Bertz CT molecular complexity index is 54.9. The third-order valence-corrected chi connectivity index (χ3v) is 0.204. The quantitative estimate of drug-likeness (QED) is 0.348. The molecule has 0 heteroatoms. The molecule has 0 saturated heterocycles. The topological polar surface area (TPSA) is 0 Å². The van der Waals surface area contributed by atoms with Crippen LogP contribution in [0.15, 0.2) is 13.2 Å². The zero-order chi connectivity index (χ0) is 12.8. The minimum absolute atomic E-state index is 0.847. The first-order chi connectivity index (χ1) is 6.74. The van der Waals surface area contributed by atoms with Crippen molar-refractivity contribution in [3.63, 3.8) is 0 Å². The fourth-order valence-electron chi connectivity index (χ4n) is 0. The molecule has 0 N–H and O–H groups in total. The van der Waals surface area contributed by atoms with Crippen LogP contribution in [0.25, 0.3) is 0 Å². The summed E-state index contributed by atoms with van der Waals surface area (Å²) in [5.74, 6) is 2.43. The van der Waals surface area contributed by atoms with Gasteiger partial charge in [0.1, 0.15) is 0 Å². The van der Waals surface area contributed by atoms with Gasteiger partial charge in [0.15, 0.2) is 0 Å². The molecule has 0 fully saturated rings. The van der Waals surface area contributed by atoms with Gasteiger partial charge in [0.2, 0.25) is 0 Å². The Morgan fingerprint density at radius 2 is 0.929 bits per heavy atom. The monoisotopic (exact) mass is 200 g/mol. The fourth-order valence-corrected chi connectivity index (χ4v) is 0. The van der Waals surface area contributed by atoms with E-state index >= 15 is 0 Å². The summed E-state index contributed by atoms with van der Waals surface area (Å²) in [5, 5.41) is 0. The molecular weight excluding hydrogens is 168 g/mol. The number of terminal acetylenes is 1. The van der Waals surface area contributed by atoms with Gasteiger partial charge in [0.05, 0.1) is 0 Å². The highest BCUT2D eigenvalue weighted by Gasteiger charge is 1.43. The van der Waals surface area contributed by atoms with E-state index in [1.165, 1.54) is 12.8 Å². The van der Waals surface area contributed by atoms with E-state index in [4.69, 9.17) is 6.42 Å². The Hall–Kier alpha value is -0.700. The van der Waals surface area contributed by atoms with Crippen molar-refractivity contribution in [2.75, 3.05) is 0 Å². The van der Waals surface area contributed by atoms with Gasteiger partial charge in [0.25, 0.3) is 0 Å². The summed E-state index contributed by atoms with van der Waals surface area (Å²) in [6.45, 7) is 20.4. The molecule has 0 aromatic rings. The molecule has 0 spiro atoms. The first-order valence-corrected chi connectivity index (χ1v) is 5.68. The van der Waals surface area contributed by atoms with Gasteiger partial charge in [-0.1, -0.05) is 61.3 Å². The van der Waals surface area contributed by atoms with E-state index in [-0.39, 0.29) is 0 Å². The van der Waals surface area contributed by atoms with Gasteiger partial charge in [-0.15, -0.1) is 25.5 Å². The fraction of sp³-hybridized carbons (Fsp3) is 0.714. The molecule has 0 saturated carbocycles. The Labute approximate surface area is 93.8 Å². The largest absolute Gasteiger partial charge is 0.120 e. The molecular formula is C14H32. The van der Waals surface area contributed by atoms with Crippen molar-refractivity contribution in [3.8, 4) is 12.3 Å². The lowest BCUT2D eigenvalue weighted by Gasteiger charge is -1.52. The SMILES string of the molecule is C#CCC.C=C.CC.CCC.CCC. The third kappa shape index (κ3) is 13300. The van der Waals surface area contributed by atoms with Gasteiger partial charge in [-0.2, -0.15) is 0 Å². The number of rotatable bonds is 0. The predicted molar refractivity (Wildman–Crippen MR) is 73.7 cm³/mol. The van der Waals surface area contributed by atoms with E-state index in [2.05, 4.69) is 46.8 Å². The van der Waals surface area contributed by atoms with Gasteiger partial charge in [0, 0.05) is 6.42 Å². The van der Waals surface area contributed by atoms with Crippen LogP contribution < -0.4 is 0 Å². The minimum atomic E-state index is 0.847. The molecule has 0 atom stereocenters. The second kappa shape index (κ2) is 144. The summed E-state index contributed by atoms with van der Waals surface area (Å²) in [7, 11) is 0. The first kappa shape index (κ1) is 29.2. The van der Waals surface area contributed by atoms with Crippen LogP contribution in [0.3, 0.4) is 0 Å². The maximum absolute atomic E-state index is 4.78. The summed E-state index contributed by atoms with van der Waals surface area (Å²) >= 11 is 0. The molecule has 0 rings (SSSR count). The number of hydrogen-bond donors (Lipinski definition) is 0. The van der Waals surface area contributed by atoms with E-state index in [0.29, 0.717) is 0 Å². The Kier molecular flexibility index (Phi) is 301. The zero-order valence-corrected chi connectivity index (χ0v) is 11.6. The highest BCUT2D eigenvalue weighted by atomic mass is 13.5. The lowest BCUT2D eigenvalue weighted by atomic mass is 10.5. The maximum atomic E-state index is 4.78. The highest BCUT2D eigenvalue weighted by Crippen LogP contribution is 1.58. The molecule has 0 aliphatic carbocycles. The molecule has 0 aliphatic heterocycles. The van der Waals surface area contributed by atoms with Crippen molar-refractivity contribution >= 4 is 0 Å². The van der Waals surface area contributed by atoms with E-state index < -0.39 is 0 Å². The summed E-state index contributed by atoms with van der Waals surface area (Å²) in [5.41, 5.74) is 0. The molecule has 0 aromatic carbocycles. The molecule has 0 amide bonds. The van der Waals surface area contributed by atoms with Crippen LogP contribution in [-0.4, -0.2) is 0 Å². The van der Waals surface area contributed by atoms with Gasteiger partial charge in [-0.05, 0) is 0 Å². The molecule has 0 unspecified atom stereocenters. The Morgan fingerprint density at radius 3 is 0.929 bits per heavy atom. The lowest BCUT2D eigenvalue weighted by molar-refractivity contribution is 1.09. The van der Waals surface area contributed by atoms with Crippen molar-refractivity contribution in [3.05, 3.63) is 13.2 Å². The predicted octanol–water partition coefficient (Wildman–Crippen LogP) is 5.69. The average Bonchev–Trinajstić information content (AvgIpc) is 2.26. The maximum Gasteiger partial charge on any atom is 0.00576 e. The molecule has 14 heavy (non-hydrogen) atoms. The third-order valence-electron chi connectivity index (χ3n) is 0.204. The van der Waals surface area contributed by atoms with Crippen molar-refractivity contribution in [2.24, 2.45) is 0 Å². The Morgan fingerprint density at radius 1 is 0.857 bits per heavy atom. The molecule has 0 heterocycles. The Balaban J connectivity index is -0.0000000249. The van der Waals surface area contributed by atoms with Gasteiger partial charge in [-0.3, -0.25) is 0 Å². The summed E-state index contributed by atoms with van der Waals surface area (Å²) in [6.07, 6.45) is 8.12. The first-order valence-electron chi connectivity index (χ1n) is 5.68. The second-order valence-electron chi connectivity index (χ2n) is 1.97. The standard InChI is InChI=1S/C4H6.2C3H8.C2H6.C2H4/c1-3-4-2;2*1-3-2;2*1-2/h1H,4H2,2H3;2*3H2,1-2H3;1-2H3;1-2H2. The van der Waals surface area contributed by atoms with Crippen LogP contribution in [0.2, 0.25) is 0 Å². The molecule has 0 bridgehead atoms. The van der Waals surface area contributed by atoms with Crippen LogP contribution in [-0.2, 0) is 0 Å². The van der Waals surface area contributed by atoms with E-state index in [9.17, 15) is 0 Å². The van der Waals surface area contributed by atoms with Crippen LogP contribution in [0.1, 0.15) is 67.7 Å². The van der Waals surface area contributed by atoms with Crippen LogP contribution in [0.4, 0.5) is 0 Å². The van der Waals surface area contributed by atoms with Crippen molar-refractivity contribution in [1.29, 1.82) is 0 Å². The molecule has 88 valence electrons. The van der Waals surface area contributed by atoms with Gasteiger partial charge >= 0.3 is 0 Å². The van der Waals surface area contributed by atoms with Gasteiger partial charge < -0.3 is 0 Å². The van der Waals surface area contributed by atoms with Crippen molar-refractivity contribution in [2.45, 2.75) is 67.7 Å². The summed E-state index contributed by atoms with van der Waals surface area (Å²) in [6, 6.07) is 0. The smallest absolute Gasteiger partial charge is 0.00576 e. The second-order valence-corrected chi connectivity index (χ2v) is 1.97. The normalized spacial score (nSPS) is 4.71. The van der Waals surface area contributed by atoms with Crippen LogP contribution >= 0.6 is 0 Å². The van der Waals surface area contributed by atoms with E-state index in [0.717, 1.165) is 6.42 Å². The molecule has 0 aromatic heterocycles. The van der Waals surface area contributed by atoms with Crippen LogP contribution in [0.5, 0.6) is 0 Å². The molecule has 0 nitrogen and oxygen atoms in total. The van der Waals surface area contributed by atoms with E-state index in [1.54, 1.807) is 0 Å². The van der Waals surface area contributed by atoms with Crippen LogP contribution in [0, 0.1) is 12.3 Å². The summed E-state index contributed by atoms with van der Waals surface area (Å²) in [4.78, 5) is 0. The number of hydrogen-bond acceptors (Lipinski definition) is 0. The average molecular weight is 200 g/mol.